The fourth-order valence-electron chi connectivity index (χ4n) is 10.0. The number of aromatic nitrogens is 2. The molecular formula is C59H55N5O. The number of ether oxygens (including phenoxy) is 1. The minimum Gasteiger partial charge on any atom is -0.457 e. The summed E-state index contributed by atoms with van der Waals surface area (Å²) >= 11 is 0. The number of pyridine rings is 1. The second-order valence-corrected chi connectivity index (χ2v) is 20.2. The lowest BCUT2D eigenvalue weighted by Gasteiger charge is -2.42. The molecule has 0 saturated carbocycles. The number of benzene rings is 7. The Balaban J connectivity index is 0.914. The van der Waals surface area contributed by atoms with Crippen LogP contribution in [0.4, 0.5) is 39.8 Å². The van der Waals surface area contributed by atoms with Crippen molar-refractivity contribution in [2.75, 3.05) is 21.4 Å². The lowest BCUT2D eigenvalue weighted by molar-refractivity contribution is 0.483. The molecule has 0 saturated heterocycles. The van der Waals surface area contributed by atoms with E-state index in [1.165, 1.54) is 50.1 Å². The third-order valence-electron chi connectivity index (χ3n) is 13.6. The van der Waals surface area contributed by atoms with Crippen LogP contribution >= 0.6 is 0 Å². The molecule has 322 valence electrons. The van der Waals surface area contributed by atoms with Crippen molar-refractivity contribution in [1.29, 1.82) is 0 Å². The molecule has 65 heavy (non-hydrogen) atoms. The van der Waals surface area contributed by atoms with Gasteiger partial charge in [0.2, 0.25) is 0 Å². The minimum atomic E-state index is -0.1000. The van der Waals surface area contributed by atoms with Gasteiger partial charge in [-0.2, -0.15) is 0 Å². The van der Waals surface area contributed by atoms with Crippen molar-refractivity contribution in [2.24, 2.45) is 0 Å². The first-order valence-electron chi connectivity index (χ1n) is 22.8. The molecule has 7 aromatic carbocycles. The summed E-state index contributed by atoms with van der Waals surface area (Å²) in [6, 6.07) is 61.5. The van der Waals surface area contributed by atoms with Gasteiger partial charge < -0.3 is 19.4 Å². The summed E-state index contributed by atoms with van der Waals surface area (Å²) in [5, 5.41) is 2.38. The van der Waals surface area contributed by atoms with Crippen LogP contribution in [0.5, 0.6) is 11.5 Å². The van der Waals surface area contributed by atoms with Gasteiger partial charge >= 0.3 is 0 Å². The number of hydrogen-bond donors (Lipinski definition) is 0. The van der Waals surface area contributed by atoms with Crippen LogP contribution in [0.1, 0.15) is 77.6 Å². The topological polar surface area (TPSA) is 36.8 Å². The van der Waals surface area contributed by atoms with Gasteiger partial charge in [-0.15, -0.1) is 0 Å². The molecule has 0 aliphatic carbocycles. The largest absolute Gasteiger partial charge is 0.457 e. The molecule has 4 heterocycles. The predicted octanol–water partition coefficient (Wildman–Crippen LogP) is 15.9. The molecule has 0 N–H and O–H groups in total. The van der Waals surface area contributed by atoms with Crippen molar-refractivity contribution in [2.45, 2.75) is 71.6 Å². The van der Waals surface area contributed by atoms with E-state index in [-0.39, 0.29) is 16.2 Å². The van der Waals surface area contributed by atoms with Gasteiger partial charge in [-0.1, -0.05) is 116 Å². The summed E-state index contributed by atoms with van der Waals surface area (Å²) in [5.74, 6) is 2.45. The van der Waals surface area contributed by atoms with Gasteiger partial charge in [-0.25, -0.2) is 4.98 Å². The van der Waals surface area contributed by atoms with E-state index in [1.807, 2.05) is 12.3 Å². The van der Waals surface area contributed by atoms with Gasteiger partial charge in [0.25, 0.3) is 0 Å². The van der Waals surface area contributed by atoms with E-state index in [0.29, 0.717) is 6.67 Å². The SMILES string of the molecule is CC(C)(C)c1ccnc(-n2c3ccc(C(C)(C)C)cc3c3ccc(Oc4cccc(N5CN(c6ccc(N7c8ccccc8C(C)(C)c8ccccc87)cc6)c6ccccc65)c4)cc32)c1. The molecule has 0 atom stereocenters. The van der Waals surface area contributed by atoms with Crippen LogP contribution in [-0.4, -0.2) is 16.2 Å². The van der Waals surface area contributed by atoms with E-state index in [4.69, 9.17) is 9.72 Å². The van der Waals surface area contributed by atoms with E-state index in [1.54, 1.807) is 0 Å². The molecule has 2 aliphatic rings. The maximum absolute atomic E-state index is 6.78. The molecular weight excluding hydrogens is 795 g/mol. The lowest BCUT2D eigenvalue weighted by atomic mass is 9.73. The normalized spacial score (nSPS) is 14.4. The zero-order chi connectivity index (χ0) is 44.8. The molecule has 2 aromatic heterocycles. The number of rotatable bonds is 6. The van der Waals surface area contributed by atoms with Gasteiger partial charge in [0.1, 0.15) is 24.0 Å². The molecule has 0 spiro atoms. The van der Waals surface area contributed by atoms with Crippen molar-refractivity contribution < 1.29 is 4.74 Å². The number of nitrogens with zero attached hydrogens (tertiary/aromatic N) is 5. The minimum absolute atomic E-state index is 0.0154. The Kier molecular flexibility index (Phi) is 9.26. The van der Waals surface area contributed by atoms with Crippen molar-refractivity contribution >= 4 is 61.6 Å². The maximum atomic E-state index is 6.78. The molecule has 6 nitrogen and oxygen atoms in total. The van der Waals surface area contributed by atoms with Crippen molar-refractivity contribution in [3.8, 4) is 17.3 Å². The second kappa shape index (κ2) is 14.9. The Hall–Kier alpha value is -7.31. The van der Waals surface area contributed by atoms with E-state index < -0.39 is 0 Å². The van der Waals surface area contributed by atoms with Crippen LogP contribution in [0, 0.1) is 0 Å². The predicted molar refractivity (Wildman–Crippen MR) is 271 cm³/mol. The van der Waals surface area contributed by atoms with E-state index in [0.717, 1.165) is 51.1 Å². The van der Waals surface area contributed by atoms with Gasteiger partial charge in [-0.3, -0.25) is 4.57 Å². The highest BCUT2D eigenvalue weighted by Crippen LogP contribution is 2.52. The van der Waals surface area contributed by atoms with Crippen molar-refractivity contribution in [1.82, 2.24) is 9.55 Å². The molecule has 0 fully saturated rings. The average Bonchev–Trinajstić information content (AvgIpc) is 3.85. The highest BCUT2D eigenvalue weighted by molar-refractivity contribution is 6.10. The average molecular weight is 850 g/mol. The molecule has 0 unspecified atom stereocenters. The second-order valence-electron chi connectivity index (χ2n) is 20.2. The van der Waals surface area contributed by atoms with E-state index in [9.17, 15) is 0 Å². The Labute approximate surface area is 383 Å². The molecule has 0 bridgehead atoms. The van der Waals surface area contributed by atoms with E-state index in [2.05, 4.69) is 238 Å². The fourth-order valence-corrected chi connectivity index (χ4v) is 10.0. The zero-order valence-corrected chi connectivity index (χ0v) is 38.6. The quantitative estimate of drug-likeness (QED) is 0.167. The van der Waals surface area contributed by atoms with Gasteiger partial charge in [0.15, 0.2) is 0 Å². The summed E-state index contributed by atoms with van der Waals surface area (Å²) in [6.07, 6.45) is 1.93. The highest BCUT2D eigenvalue weighted by atomic mass is 16.5. The summed E-state index contributed by atoms with van der Waals surface area (Å²) < 4.78 is 9.08. The molecule has 0 radical (unpaired) electrons. The van der Waals surface area contributed by atoms with Crippen LogP contribution in [-0.2, 0) is 16.2 Å². The van der Waals surface area contributed by atoms with E-state index >= 15 is 0 Å². The Bertz CT molecular complexity index is 3240. The van der Waals surface area contributed by atoms with Crippen LogP contribution in [0.15, 0.2) is 176 Å². The highest BCUT2D eigenvalue weighted by Gasteiger charge is 2.37. The molecule has 6 heteroatoms. The smallest absolute Gasteiger partial charge is 0.137 e. The summed E-state index contributed by atoms with van der Waals surface area (Å²) in [7, 11) is 0. The number of anilines is 7. The van der Waals surface area contributed by atoms with Crippen molar-refractivity contribution in [3.63, 3.8) is 0 Å². The lowest BCUT2D eigenvalue weighted by Crippen LogP contribution is -2.30. The van der Waals surface area contributed by atoms with Crippen LogP contribution in [0.2, 0.25) is 0 Å². The Morgan fingerprint density at radius 1 is 0.477 bits per heavy atom. The molecule has 11 rings (SSSR count). The monoisotopic (exact) mass is 849 g/mol. The standard InChI is InChI=1S/C59H55N5O/c1-57(2,3)39-24-31-50-47(34-39)46-30-29-45(37-55(46)64(50)56-35-40(32-33-60-56)58(4,5)6)65-44-17-15-16-43(36-44)62-38-61(53-22-13-14-23-54(53)62)41-25-27-42(28-26-41)63-51-20-11-9-18-48(51)59(7,8)49-19-10-12-21-52(49)63/h9-37H,38H2,1-8H3. The fraction of sp³-hybridized carbons (Fsp3) is 0.203. The third-order valence-corrected chi connectivity index (χ3v) is 13.6. The van der Waals surface area contributed by atoms with Crippen molar-refractivity contribution in [3.05, 3.63) is 198 Å². The van der Waals surface area contributed by atoms with Crippen LogP contribution in [0.3, 0.4) is 0 Å². The summed E-state index contributed by atoms with van der Waals surface area (Å²) in [6.45, 7) is 18.9. The zero-order valence-electron chi connectivity index (χ0n) is 38.6. The summed E-state index contributed by atoms with van der Waals surface area (Å²) in [4.78, 5) is 12.1. The maximum Gasteiger partial charge on any atom is 0.137 e. The van der Waals surface area contributed by atoms with Crippen LogP contribution < -0.4 is 19.4 Å². The Morgan fingerprint density at radius 3 is 1.72 bits per heavy atom. The van der Waals surface area contributed by atoms with Gasteiger partial charge in [0.05, 0.1) is 33.8 Å². The molecule has 0 amide bonds. The van der Waals surface area contributed by atoms with Crippen LogP contribution in [0.25, 0.3) is 27.6 Å². The first kappa shape index (κ1) is 40.5. The van der Waals surface area contributed by atoms with Gasteiger partial charge in [0, 0.05) is 51.6 Å². The first-order chi connectivity index (χ1) is 31.2. The van der Waals surface area contributed by atoms with Gasteiger partial charge in [-0.05, 0) is 130 Å². The molecule has 2 aliphatic heterocycles. The third kappa shape index (κ3) is 6.82. The number of para-hydroxylation sites is 4. The number of fused-ring (bicyclic) bond motifs is 6. The Morgan fingerprint density at radius 2 is 1.06 bits per heavy atom. The number of hydrogen-bond acceptors (Lipinski definition) is 5. The summed E-state index contributed by atoms with van der Waals surface area (Å²) in [5.41, 5.74) is 15.4. The molecule has 9 aromatic rings. The first-order valence-corrected chi connectivity index (χ1v) is 22.8.